The van der Waals surface area contributed by atoms with Crippen molar-refractivity contribution in [3.63, 3.8) is 0 Å². The molecule has 194 valence electrons. The first-order valence-electron chi connectivity index (χ1n) is 11.3. The van der Waals surface area contributed by atoms with Gasteiger partial charge in [-0.1, -0.05) is 42.5 Å². The highest BCUT2D eigenvalue weighted by atomic mass is 32.2. The second-order valence-electron chi connectivity index (χ2n) is 7.83. The van der Waals surface area contributed by atoms with E-state index in [1.165, 1.54) is 38.6 Å². The zero-order chi connectivity index (χ0) is 26.8. The van der Waals surface area contributed by atoms with Crippen molar-refractivity contribution in [1.82, 2.24) is 5.43 Å². The Morgan fingerprint density at radius 3 is 2.43 bits per heavy atom. The molecule has 0 bridgehead atoms. The summed E-state index contributed by atoms with van der Waals surface area (Å²) in [7, 11) is -1.18. The first-order valence-corrected chi connectivity index (χ1v) is 12.7. The molecule has 0 unspecified atom stereocenters. The molecule has 10 heteroatoms. The Balaban J connectivity index is 1.86. The fraction of sp³-hybridized carbons (Fsp3) is 0.185. The Bertz CT molecular complexity index is 1370. The summed E-state index contributed by atoms with van der Waals surface area (Å²) in [6, 6.07) is 18.1. The van der Waals surface area contributed by atoms with Crippen molar-refractivity contribution < 1.29 is 27.4 Å². The minimum atomic E-state index is -4.10. The number of nitrogens with one attached hydrogen (secondary N) is 1. The molecule has 0 heterocycles. The van der Waals surface area contributed by atoms with Crippen LogP contribution in [-0.2, 0) is 14.8 Å². The van der Waals surface area contributed by atoms with E-state index in [2.05, 4.69) is 17.1 Å². The maximum Gasteiger partial charge on any atom is 0.264 e. The number of ether oxygens (including phenoxy) is 3. The van der Waals surface area contributed by atoms with Crippen LogP contribution in [0.5, 0.6) is 17.2 Å². The van der Waals surface area contributed by atoms with E-state index in [4.69, 9.17) is 14.2 Å². The van der Waals surface area contributed by atoms with E-state index in [0.717, 1.165) is 9.87 Å². The average molecular weight is 524 g/mol. The third kappa shape index (κ3) is 7.11. The molecule has 0 fully saturated rings. The second kappa shape index (κ2) is 12.6. The van der Waals surface area contributed by atoms with Crippen molar-refractivity contribution in [2.24, 2.45) is 5.10 Å². The van der Waals surface area contributed by atoms with Crippen LogP contribution in [0, 0.1) is 6.92 Å². The number of hydrogen-bond acceptors (Lipinski definition) is 7. The summed E-state index contributed by atoms with van der Waals surface area (Å²) in [5.41, 5.74) is 4.21. The summed E-state index contributed by atoms with van der Waals surface area (Å²) < 4.78 is 44.2. The maximum atomic E-state index is 13.6. The lowest BCUT2D eigenvalue weighted by atomic mass is 10.2. The standard InChI is InChI=1S/C27H29N3O6S/c1-5-15-36-23-8-6-7-21(16-23)18-28-29-27(31)19-30(22-11-14-25(34-3)26(17-22)35-4)37(32,33)24-12-9-20(2)10-13-24/h5-14,16-18H,1,15,19H2,2-4H3,(H,29,31)/b28-18+. The molecule has 0 saturated heterocycles. The fourth-order valence-corrected chi connectivity index (χ4v) is 4.73. The molecule has 1 amide bonds. The zero-order valence-corrected chi connectivity index (χ0v) is 21.7. The minimum Gasteiger partial charge on any atom is -0.493 e. The molecule has 9 nitrogen and oxygen atoms in total. The lowest BCUT2D eigenvalue weighted by Gasteiger charge is -2.24. The summed E-state index contributed by atoms with van der Waals surface area (Å²) in [5, 5.41) is 3.97. The van der Waals surface area contributed by atoms with Gasteiger partial charge in [0.05, 0.1) is 31.0 Å². The quantitative estimate of drug-likeness (QED) is 0.219. The van der Waals surface area contributed by atoms with Gasteiger partial charge in [0.15, 0.2) is 11.5 Å². The number of anilines is 1. The number of benzene rings is 3. The molecule has 0 aliphatic carbocycles. The van der Waals surface area contributed by atoms with E-state index in [-0.39, 0.29) is 10.6 Å². The van der Waals surface area contributed by atoms with Gasteiger partial charge in [0, 0.05) is 6.07 Å². The Kier molecular flexibility index (Phi) is 9.28. The van der Waals surface area contributed by atoms with Crippen LogP contribution in [0.3, 0.4) is 0 Å². The molecule has 0 aliphatic heterocycles. The van der Waals surface area contributed by atoms with E-state index in [0.29, 0.717) is 29.4 Å². The summed E-state index contributed by atoms with van der Waals surface area (Å²) in [6.07, 6.45) is 3.07. The Morgan fingerprint density at radius 2 is 1.76 bits per heavy atom. The number of hydrazone groups is 1. The van der Waals surface area contributed by atoms with E-state index in [1.807, 2.05) is 6.92 Å². The van der Waals surface area contributed by atoms with Crippen LogP contribution in [0.1, 0.15) is 11.1 Å². The molecule has 0 aromatic heterocycles. The number of hydrogen-bond donors (Lipinski definition) is 1. The van der Waals surface area contributed by atoms with Crippen LogP contribution >= 0.6 is 0 Å². The third-order valence-corrected chi connectivity index (χ3v) is 6.97. The van der Waals surface area contributed by atoms with Crippen molar-refractivity contribution in [3.8, 4) is 17.2 Å². The van der Waals surface area contributed by atoms with Crippen molar-refractivity contribution >= 4 is 27.8 Å². The predicted octanol–water partition coefficient (Wildman–Crippen LogP) is 3.92. The maximum absolute atomic E-state index is 13.6. The first kappa shape index (κ1) is 27.3. The number of nitrogens with zero attached hydrogens (tertiary/aromatic N) is 2. The summed E-state index contributed by atoms with van der Waals surface area (Å²) >= 11 is 0. The number of methoxy groups -OCH3 is 2. The van der Waals surface area contributed by atoms with Crippen LogP contribution in [0.25, 0.3) is 0 Å². The smallest absolute Gasteiger partial charge is 0.264 e. The molecule has 0 saturated carbocycles. The van der Waals surface area contributed by atoms with Crippen molar-refractivity contribution in [2.75, 3.05) is 31.7 Å². The largest absolute Gasteiger partial charge is 0.493 e. The minimum absolute atomic E-state index is 0.0422. The number of carbonyl (C=O) groups is 1. The van der Waals surface area contributed by atoms with Gasteiger partial charge in [0.1, 0.15) is 18.9 Å². The molecule has 37 heavy (non-hydrogen) atoms. The van der Waals surface area contributed by atoms with Gasteiger partial charge in [-0.3, -0.25) is 9.10 Å². The van der Waals surface area contributed by atoms with Gasteiger partial charge in [0.2, 0.25) is 0 Å². The molecule has 0 spiro atoms. The van der Waals surface area contributed by atoms with Gasteiger partial charge < -0.3 is 14.2 Å². The molecule has 0 aliphatic rings. The molecule has 3 aromatic carbocycles. The predicted molar refractivity (Wildman–Crippen MR) is 143 cm³/mol. The highest BCUT2D eigenvalue weighted by Crippen LogP contribution is 2.33. The Hall–Kier alpha value is -4.31. The Labute approximate surface area is 217 Å². The topological polar surface area (TPSA) is 107 Å². The average Bonchev–Trinajstić information content (AvgIpc) is 2.90. The van der Waals surface area contributed by atoms with Crippen LogP contribution in [0.2, 0.25) is 0 Å². The van der Waals surface area contributed by atoms with E-state index in [9.17, 15) is 13.2 Å². The Morgan fingerprint density at radius 1 is 1.03 bits per heavy atom. The van der Waals surface area contributed by atoms with Gasteiger partial charge >= 0.3 is 0 Å². The van der Waals surface area contributed by atoms with Gasteiger partial charge in [-0.15, -0.1) is 0 Å². The van der Waals surface area contributed by atoms with E-state index < -0.39 is 22.5 Å². The van der Waals surface area contributed by atoms with Crippen LogP contribution in [0.15, 0.2) is 89.4 Å². The zero-order valence-electron chi connectivity index (χ0n) is 20.9. The van der Waals surface area contributed by atoms with Crippen LogP contribution in [0.4, 0.5) is 5.69 Å². The SMILES string of the molecule is C=CCOc1cccc(/C=N/NC(=O)CN(c2ccc(OC)c(OC)c2)S(=O)(=O)c2ccc(C)cc2)c1. The van der Waals surface area contributed by atoms with Gasteiger partial charge in [-0.2, -0.15) is 5.10 Å². The lowest BCUT2D eigenvalue weighted by molar-refractivity contribution is -0.119. The van der Waals surface area contributed by atoms with Gasteiger partial charge in [0.25, 0.3) is 15.9 Å². The van der Waals surface area contributed by atoms with E-state index >= 15 is 0 Å². The molecule has 3 rings (SSSR count). The third-order valence-electron chi connectivity index (χ3n) is 5.18. The highest BCUT2D eigenvalue weighted by molar-refractivity contribution is 7.92. The summed E-state index contributed by atoms with van der Waals surface area (Å²) in [6.45, 7) is 5.31. The van der Waals surface area contributed by atoms with Crippen LogP contribution < -0.4 is 23.9 Å². The van der Waals surface area contributed by atoms with Crippen molar-refractivity contribution in [3.05, 3.63) is 90.5 Å². The molecular weight excluding hydrogens is 494 g/mol. The van der Waals surface area contributed by atoms with Crippen LogP contribution in [-0.4, -0.2) is 47.9 Å². The molecule has 3 aromatic rings. The van der Waals surface area contributed by atoms with Gasteiger partial charge in [-0.05, 0) is 48.9 Å². The number of rotatable bonds is 12. The molecule has 1 N–H and O–H groups in total. The number of amides is 1. The van der Waals surface area contributed by atoms with Crippen molar-refractivity contribution in [2.45, 2.75) is 11.8 Å². The van der Waals surface area contributed by atoms with E-state index in [1.54, 1.807) is 54.6 Å². The normalized spacial score (nSPS) is 11.1. The van der Waals surface area contributed by atoms with Gasteiger partial charge in [-0.25, -0.2) is 13.8 Å². The molecule has 0 radical (unpaired) electrons. The number of aryl methyl sites for hydroxylation is 1. The second-order valence-corrected chi connectivity index (χ2v) is 9.69. The first-order chi connectivity index (χ1) is 17.8. The number of sulfonamides is 1. The number of carbonyl (C=O) groups excluding carboxylic acids is 1. The lowest BCUT2D eigenvalue weighted by Crippen LogP contribution is -2.39. The summed E-state index contributed by atoms with van der Waals surface area (Å²) in [5.74, 6) is 0.730. The monoisotopic (exact) mass is 523 g/mol. The fourth-order valence-electron chi connectivity index (χ4n) is 3.32. The molecular formula is C27H29N3O6S. The summed E-state index contributed by atoms with van der Waals surface area (Å²) in [4.78, 5) is 12.9. The highest BCUT2D eigenvalue weighted by Gasteiger charge is 2.28. The molecule has 0 atom stereocenters. The van der Waals surface area contributed by atoms with Crippen molar-refractivity contribution in [1.29, 1.82) is 0 Å².